The van der Waals surface area contributed by atoms with E-state index in [1.165, 1.54) is 18.3 Å². The predicted molar refractivity (Wildman–Crippen MR) is 89.9 cm³/mol. The maximum Gasteiger partial charge on any atom is 0.172 e. The van der Waals surface area contributed by atoms with Gasteiger partial charge in [0.25, 0.3) is 0 Å². The fourth-order valence-corrected chi connectivity index (χ4v) is 5.83. The Kier molecular flexibility index (Phi) is 4.82. The maximum atomic E-state index is 11.7. The van der Waals surface area contributed by atoms with E-state index in [2.05, 4.69) is 29.4 Å². The first kappa shape index (κ1) is 16.7. The molecule has 0 amide bonds. The number of alkyl halides is 1. The molecule has 3 rings (SSSR count). The second-order valence-electron chi connectivity index (χ2n) is 7.44. The van der Waals surface area contributed by atoms with Gasteiger partial charge in [-0.3, -0.25) is 0 Å². The molecule has 2 aliphatic carbocycles. The van der Waals surface area contributed by atoms with Crippen molar-refractivity contribution < 1.29 is 14.3 Å². The first-order valence-electron chi connectivity index (χ1n) is 8.54. The standard InChI is InChI=1S/C18H27BrO3/c1-13(14(2)11-19)10-17-5-3-4-15(12-20)16(17)18(7-6-17)21-8-9-22-18/h12-13,15-16H,2-11H2,1H3/t13-,15?,16?,17?/m1/s1. The molecule has 1 heterocycles. The predicted octanol–water partition coefficient (Wildman–Crippen LogP) is 4.10. The molecule has 3 fully saturated rings. The van der Waals surface area contributed by atoms with E-state index in [0.717, 1.165) is 37.4 Å². The highest BCUT2D eigenvalue weighted by atomic mass is 79.9. The highest BCUT2D eigenvalue weighted by Crippen LogP contribution is 2.63. The molecule has 3 aliphatic rings. The zero-order valence-corrected chi connectivity index (χ0v) is 15.1. The SMILES string of the molecule is C=C(CBr)[C@H](C)CC12CCCC(C=O)C1C1(CC2)OCCO1. The van der Waals surface area contributed by atoms with Crippen molar-refractivity contribution in [3.8, 4) is 0 Å². The third-order valence-corrected chi connectivity index (χ3v) is 7.00. The Labute approximate surface area is 141 Å². The summed E-state index contributed by atoms with van der Waals surface area (Å²) in [4.78, 5) is 11.7. The van der Waals surface area contributed by atoms with Crippen molar-refractivity contribution in [2.24, 2.45) is 23.2 Å². The van der Waals surface area contributed by atoms with Crippen molar-refractivity contribution in [3.05, 3.63) is 12.2 Å². The van der Waals surface area contributed by atoms with E-state index < -0.39 is 5.79 Å². The van der Waals surface area contributed by atoms with Crippen LogP contribution in [0.15, 0.2) is 12.2 Å². The minimum absolute atomic E-state index is 0.0822. The number of carbonyl (C=O) groups is 1. The number of hydrogen-bond donors (Lipinski definition) is 0. The lowest BCUT2D eigenvalue weighted by Gasteiger charge is -2.47. The summed E-state index contributed by atoms with van der Waals surface area (Å²) in [5.41, 5.74) is 1.43. The van der Waals surface area contributed by atoms with Crippen molar-refractivity contribution in [3.63, 3.8) is 0 Å². The van der Waals surface area contributed by atoms with Crippen LogP contribution in [-0.4, -0.2) is 30.6 Å². The lowest BCUT2D eigenvalue weighted by Crippen LogP contribution is -2.48. The molecule has 4 heteroatoms. The molecule has 124 valence electrons. The number of allylic oxidation sites excluding steroid dienone is 1. The normalized spacial score (nSPS) is 37.9. The van der Waals surface area contributed by atoms with Gasteiger partial charge >= 0.3 is 0 Å². The molecule has 1 saturated heterocycles. The zero-order valence-electron chi connectivity index (χ0n) is 13.5. The second-order valence-corrected chi connectivity index (χ2v) is 8.00. The van der Waals surface area contributed by atoms with Crippen molar-refractivity contribution in [2.45, 2.75) is 51.2 Å². The molecule has 4 atom stereocenters. The molecular formula is C18H27BrO3. The Balaban J connectivity index is 1.90. The smallest absolute Gasteiger partial charge is 0.172 e. The van der Waals surface area contributed by atoms with E-state index in [1.807, 2.05) is 0 Å². The van der Waals surface area contributed by atoms with E-state index in [4.69, 9.17) is 9.47 Å². The van der Waals surface area contributed by atoms with Crippen molar-refractivity contribution in [2.75, 3.05) is 18.5 Å². The Morgan fingerprint density at radius 3 is 2.73 bits per heavy atom. The molecule has 0 aromatic carbocycles. The van der Waals surface area contributed by atoms with Crippen LogP contribution < -0.4 is 0 Å². The van der Waals surface area contributed by atoms with Crippen LogP contribution in [0, 0.1) is 23.2 Å². The van der Waals surface area contributed by atoms with Gasteiger partial charge in [0.15, 0.2) is 5.79 Å². The molecule has 3 unspecified atom stereocenters. The van der Waals surface area contributed by atoms with E-state index in [-0.39, 0.29) is 17.3 Å². The summed E-state index contributed by atoms with van der Waals surface area (Å²) in [6.45, 7) is 7.80. The second kappa shape index (κ2) is 6.37. The molecule has 0 aromatic rings. The van der Waals surface area contributed by atoms with Gasteiger partial charge in [0.05, 0.1) is 13.2 Å². The average Bonchev–Trinajstić information content (AvgIpc) is 3.13. The lowest BCUT2D eigenvalue weighted by atomic mass is 9.59. The summed E-state index contributed by atoms with van der Waals surface area (Å²) in [7, 11) is 0. The molecule has 0 bridgehead atoms. The number of rotatable bonds is 5. The monoisotopic (exact) mass is 370 g/mol. The number of hydrogen-bond acceptors (Lipinski definition) is 3. The summed E-state index contributed by atoms with van der Waals surface area (Å²) in [6, 6.07) is 0. The summed E-state index contributed by atoms with van der Waals surface area (Å²) < 4.78 is 12.2. The van der Waals surface area contributed by atoms with E-state index >= 15 is 0 Å². The first-order chi connectivity index (χ1) is 10.6. The molecule has 2 saturated carbocycles. The van der Waals surface area contributed by atoms with Gasteiger partial charge < -0.3 is 14.3 Å². The molecule has 0 N–H and O–H groups in total. The van der Waals surface area contributed by atoms with Crippen molar-refractivity contribution in [1.82, 2.24) is 0 Å². The van der Waals surface area contributed by atoms with E-state index in [9.17, 15) is 4.79 Å². The van der Waals surface area contributed by atoms with Crippen LogP contribution in [-0.2, 0) is 14.3 Å². The third-order valence-electron chi connectivity index (χ3n) is 6.28. The van der Waals surface area contributed by atoms with Gasteiger partial charge in [-0.1, -0.05) is 41.4 Å². The van der Waals surface area contributed by atoms with Gasteiger partial charge in [-0.05, 0) is 37.0 Å². The van der Waals surface area contributed by atoms with Gasteiger partial charge in [0, 0.05) is 23.6 Å². The number of halogens is 1. The van der Waals surface area contributed by atoms with Gasteiger partial charge in [-0.25, -0.2) is 0 Å². The average molecular weight is 371 g/mol. The Bertz CT molecular complexity index is 444. The quantitative estimate of drug-likeness (QED) is 0.415. The van der Waals surface area contributed by atoms with Crippen LogP contribution in [0.25, 0.3) is 0 Å². The third kappa shape index (κ3) is 2.61. The van der Waals surface area contributed by atoms with Crippen LogP contribution in [0.4, 0.5) is 0 Å². The van der Waals surface area contributed by atoms with Gasteiger partial charge in [-0.15, -0.1) is 0 Å². The molecule has 22 heavy (non-hydrogen) atoms. The first-order valence-corrected chi connectivity index (χ1v) is 9.66. The maximum absolute atomic E-state index is 11.7. The minimum Gasteiger partial charge on any atom is -0.347 e. The Hall–Kier alpha value is -0.190. The zero-order chi connectivity index (χ0) is 15.8. The summed E-state index contributed by atoms with van der Waals surface area (Å²) in [5, 5.41) is 0.851. The van der Waals surface area contributed by atoms with Crippen LogP contribution >= 0.6 is 15.9 Å². The van der Waals surface area contributed by atoms with E-state index in [0.29, 0.717) is 19.1 Å². The largest absolute Gasteiger partial charge is 0.347 e. The topological polar surface area (TPSA) is 35.5 Å². The minimum atomic E-state index is -0.485. The highest BCUT2D eigenvalue weighted by molar-refractivity contribution is 9.09. The number of ether oxygens (including phenoxy) is 2. The van der Waals surface area contributed by atoms with Crippen LogP contribution in [0.3, 0.4) is 0 Å². The fourth-order valence-electron chi connectivity index (χ4n) is 5.28. The van der Waals surface area contributed by atoms with Gasteiger partial charge in [-0.2, -0.15) is 0 Å². The Morgan fingerprint density at radius 2 is 2.09 bits per heavy atom. The molecule has 3 nitrogen and oxygen atoms in total. The number of fused-ring (bicyclic) bond motifs is 2. The molecule has 0 radical (unpaired) electrons. The number of aldehydes is 1. The van der Waals surface area contributed by atoms with Crippen LogP contribution in [0.2, 0.25) is 0 Å². The highest BCUT2D eigenvalue weighted by Gasteiger charge is 2.63. The van der Waals surface area contributed by atoms with Crippen molar-refractivity contribution >= 4 is 22.2 Å². The summed E-state index contributed by atoms with van der Waals surface area (Å²) in [5.74, 6) is 0.281. The van der Waals surface area contributed by atoms with Gasteiger partial charge in [0.1, 0.15) is 6.29 Å². The molecule has 1 aliphatic heterocycles. The van der Waals surface area contributed by atoms with Crippen molar-refractivity contribution in [1.29, 1.82) is 0 Å². The summed E-state index contributed by atoms with van der Waals surface area (Å²) in [6.07, 6.45) is 7.64. The van der Waals surface area contributed by atoms with Crippen LogP contribution in [0.1, 0.15) is 45.4 Å². The molecule has 1 spiro atoms. The van der Waals surface area contributed by atoms with E-state index in [1.54, 1.807) is 0 Å². The van der Waals surface area contributed by atoms with Gasteiger partial charge in [0.2, 0.25) is 0 Å². The fraction of sp³-hybridized carbons (Fsp3) is 0.833. The lowest BCUT2D eigenvalue weighted by molar-refractivity contribution is -0.213. The van der Waals surface area contributed by atoms with Crippen LogP contribution in [0.5, 0.6) is 0 Å². The molecule has 0 aromatic heterocycles. The Morgan fingerprint density at radius 1 is 1.36 bits per heavy atom. The number of carbonyl (C=O) groups excluding carboxylic acids is 1. The molecular weight excluding hydrogens is 344 g/mol. The summed E-state index contributed by atoms with van der Waals surface area (Å²) >= 11 is 3.53.